The molecule has 4 heteroatoms. The minimum atomic E-state index is 0.160. The van der Waals surface area contributed by atoms with Crippen molar-refractivity contribution in [3.8, 4) is 0 Å². The summed E-state index contributed by atoms with van der Waals surface area (Å²) in [5.74, 6) is 0. The monoisotopic (exact) mass is 297 g/mol. The average Bonchev–Trinajstić information content (AvgIpc) is 2.83. The fourth-order valence-electron chi connectivity index (χ4n) is 2.02. The molecule has 0 bridgehead atoms. The molecule has 0 radical (unpaired) electrons. The topological polar surface area (TPSA) is 25.2 Å². The second-order valence-electron chi connectivity index (χ2n) is 4.49. The second-order valence-corrected chi connectivity index (χ2v) is 5.27. The van der Waals surface area contributed by atoms with Gasteiger partial charge in [0.1, 0.15) is 0 Å². The van der Waals surface area contributed by atoms with Crippen molar-refractivity contribution >= 4 is 23.2 Å². The number of nitrogens with one attached hydrogen (secondary N) is 1. The van der Waals surface area contributed by atoms with Crippen molar-refractivity contribution in [1.29, 1.82) is 0 Å². The van der Waals surface area contributed by atoms with Gasteiger partial charge in [0.05, 0.1) is 6.26 Å². The second kappa shape index (κ2) is 6.99. The van der Waals surface area contributed by atoms with Gasteiger partial charge in [-0.15, -0.1) is 0 Å². The van der Waals surface area contributed by atoms with Crippen molar-refractivity contribution in [2.45, 2.75) is 25.8 Å². The lowest BCUT2D eigenvalue weighted by Crippen LogP contribution is -2.24. The van der Waals surface area contributed by atoms with Gasteiger partial charge in [-0.1, -0.05) is 30.7 Å². The Hall–Kier alpha value is -0.960. The first-order chi connectivity index (χ1) is 9.20. The Kier molecular flexibility index (Phi) is 5.32. The molecule has 1 atom stereocenters. The maximum Gasteiger partial charge on any atom is 0.197 e. The van der Waals surface area contributed by atoms with Crippen LogP contribution in [0.3, 0.4) is 0 Å². The van der Waals surface area contributed by atoms with Crippen molar-refractivity contribution in [3.63, 3.8) is 0 Å². The molecular weight excluding hydrogens is 281 g/mol. The molecule has 0 aliphatic heterocycles. The zero-order valence-electron chi connectivity index (χ0n) is 10.8. The van der Waals surface area contributed by atoms with Gasteiger partial charge in [-0.2, -0.15) is 0 Å². The zero-order valence-corrected chi connectivity index (χ0v) is 12.3. The smallest absolute Gasteiger partial charge is 0.197 e. The van der Waals surface area contributed by atoms with Gasteiger partial charge in [0.15, 0.2) is 5.22 Å². The molecule has 1 unspecified atom stereocenters. The van der Waals surface area contributed by atoms with Crippen molar-refractivity contribution in [3.05, 3.63) is 58.0 Å². The molecule has 0 fully saturated rings. The maximum absolute atomic E-state index is 6.08. The van der Waals surface area contributed by atoms with Crippen LogP contribution in [0.5, 0.6) is 0 Å². The SMILES string of the molecule is CCCNC(Cc1ccc(Cl)cc1)c1ccoc1Cl. The van der Waals surface area contributed by atoms with Crippen LogP contribution in [0.1, 0.15) is 30.5 Å². The predicted molar refractivity (Wildman–Crippen MR) is 79.9 cm³/mol. The molecule has 19 heavy (non-hydrogen) atoms. The van der Waals surface area contributed by atoms with Crippen LogP contribution in [0.2, 0.25) is 10.2 Å². The van der Waals surface area contributed by atoms with Gasteiger partial charge in [-0.3, -0.25) is 0 Å². The Bertz CT molecular complexity index is 507. The van der Waals surface area contributed by atoms with Gasteiger partial charge >= 0.3 is 0 Å². The highest BCUT2D eigenvalue weighted by atomic mass is 35.5. The van der Waals surface area contributed by atoms with Crippen molar-refractivity contribution < 1.29 is 4.42 Å². The first kappa shape index (κ1) is 14.4. The number of rotatable bonds is 6. The molecule has 1 aromatic heterocycles. The Morgan fingerprint density at radius 2 is 1.89 bits per heavy atom. The summed E-state index contributed by atoms with van der Waals surface area (Å²) in [5, 5.41) is 4.71. The van der Waals surface area contributed by atoms with E-state index in [1.54, 1.807) is 6.26 Å². The molecule has 2 aromatic rings. The summed E-state index contributed by atoms with van der Waals surface area (Å²) in [6.45, 7) is 3.09. The third-order valence-corrected chi connectivity index (χ3v) is 3.57. The summed E-state index contributed by atoms with van der Waals surface area (Å²) in [6.07, 6.45) is 3.56. The number of hydrogen-bond donors (Lipinski definition) is 1. The number of furan rings is 1. The highest BCUT2D eigenvalue weighted by molar-refractivity contribution is 6.30. The fraction of sp³-hybridized carbons (Fsp3) is 0.333. The van der Waals surface area contributed by atoms with E-state index in [-0.39, 0.29) is 6.04 Å². The van der Waals surface area contributed by atoms with E-state index in [2.05, 4.69) is 12.2 Å². The molecule has 0 saturated carbocycles. The van der Waals surface area contributed by atoms with Crippen LogP contribution in [-0.4, -0.2) is 6.54 Å². The van der Waals surface area contributed by atoms with Gasteiger partial charge in [0.25, 0.3) is 0 Å². The van der Waals surface area contributed by atoms with Crippen molar-refractivity contribution in [1.82, 2.24) is 5.32 Å². The number of halogens is 2. The van der Waals surface area contributed by atoms with Crippen LogP contribution in [-0.2, 0) is 6.42 Å². The van der Waals surface area contributed by atoms with Crippen LogP contribution in [0.4, 0.5) is 0 Å². The van der Waals surface area contributed by atoms with Crippen LogP contribution >= 0.6 is 23.2 Å². The lowest BCUT2D eigenvalue weighted by molar-refractivity contribution is 0.513. The van der Waals surface area contributed by atoms with Gasteiger partial charge in [-0.25, -0.2) is 0 Å². The lowest BCUT2D eigenvalue weighted by atomic mass is 10.0. The molecule has 102 valence electrons. The van der Waals surface area contributed by atoms with Gasteiger partial charge in [-0.05, 0) is 54.7 Å². The van der Waals surface area contributed by atoms with E-state index < -0.39 is 0 Å². The molecule has 0 spiro atoms. The van der Waals surface area contributed by atoms with Crippen molar-refractivity contribution in [2.75, 3.05) is 6.54 Å². The van der Waals surface area contributed by atoms with Crippen LogP contribution in [0.25, 0.3) is 0 Å². The third kappa shape index (κ3) is 4.00. The Morgan fingerprint density at radius 1 is 1.16 bits per heavy atom. The fourth-order valence-corrected chi connectivity index (χ4v) is 2.39. The summed E-state index contributed by atoms with van der Waals surface area (Å²) in [7, 11) is 0. The molecule has 0 aliphatic rings. The van der Waals surface area contributed by atoms with E-state index in [0.717, 1.165) is 30.0 Å². The average molecular weight is 298 g/mol. The van der Waals surface area contributed by atoms with E-state index in [1.807, 2.05) is 30.3 Å². The van der Waals surface area contributed by atoms with E-state index in [4.69, 9.17) is 27.6 Å². The third-order valence-electron chi connectivity index (χ3n) is 3.02. The Morgan fingerprint density at radius 3 is 2.47 bits per heavy atom. The van der Waals surface area contributed by atoms with Gasteiger partial charge in [0, 0.05) is 16.6 Å². The van der Waals surface area contributed by atoms with Crippen LogP contribution < -0.4 is 5.32 Å². The highest BCUT2D eigenvalue weighted by Crippen LogP contribution is 2.27. The quantitative estimate of drug-likeness (QED) is 0.823. The number of benzene rings is 1. The summed E-state index contributed by atoms with van der Waals surface area (Å²) >= 11 is 12.0. The summed E-state index contributed by atoms with van der Waals surface area (Å²) in [5.41, 5.74) is 2.22. The summed E-state index contributed by atoms with van der Waals surface area (Å²) in [4.78, 5) is 0. The predicted octanol–water partition coefficient (Wildman–Crippen LogP) is 4.87. The van der Waals surface area contributed by atoms with Crippen LogP contribution in [0.15, 0.2) is 41.0 Å². The first-order valence-electron chi connectivity index (χ1n) is 6.41. The normalized spacial score (nSPS) is 12.6. The molecule has 2 rings (SSSR count). The van der Waals surface area contributed by atoms with Crippen LogP contribution in [0, 0.1) is 0 Å². The Balaban J connectivity index is 2.14. The molecule has 2 nitrogen and oxygen atoms in total. The largest absolute Gasteiger partial charge is 0.453 e. The molecule has 0 saturated heterocycles. The lowest BCUT2D eigenvalue weighted by Gasteiger charge is -2.17. The van der Waals surface area contributed by atoms with E-state index in [1.165, 1.54) is 5.56 Å². The summed E-state index contributed by atoms with van der Waals surface area (Å²) < 4.78 is 5.19. The van der Waals surface area contributed by atoms with Gasteiger partial charge in [0.2, 0.25) is 0 Å². The zero-order chi connectivity index (χ0) is 13.7. The molecular formula is C15H17Cl2NO. The standard InChI is InChI=1S/C15H17Cl2NO/c1-2-8-18-14(13-7-9-19-15(13)17)10-11-3-5-12(16)6-4-11/h3-7,9,14,18H,2,8,10H2,1H3. The van der Waals surface area contributed by atoms with Gasteiger partial charge < -0.3 is 9.73 Å². The Labute approximate surface area is 123 Å². The molecule has 1 aromatic carbocycles. The van der Waals surface area contributed by atoms with E-state index in [0.29, 0.717) is 5.22 Å². The number of hydrogen-bond acceptors (Lipinski definition) is 2. The summed E-state index contributed by atoms with van der Waals surface area (Å²) in [6, 6.07) is 9.97. The van der Waals surface area contributed by atoms with E-state index in [9.17, 15) is 0 Å². The molecule has 1 N–H and O–H groups in total. The highest BCUT2D eigenvalue weighted by Gasteiger charge is 2.16. The first-order valence-corrected chi connectivity index (χ1v) is 7.17. The minimum absolute atomic E-state index is 0.160. The molecule has 1 heterocycles. The van der Waals surface area contributed by atoms with E-state index >= 15 is 0 Å². The molecule has 0 amide bonds. The van der Waals surface area contributed by atoms with Crippen molar-refractivity contribution in [2.24, 2.45) is 0 Å². The minimum Gasteiger partial charge on any atom is -0.453 e. The molecule has 0 aliphatic carbocycles. The maximum atomic E-state index is 6.08.